The molecule has 0 bridgehead atoms. The van der Waals surface area contributed by atoms with Crippen LogP contribution in [-0.2, 0) is 22.7 Å². The predicted molar refractivity (Wildman–Crippen MR) is 117 cm³/mol. The number of carbonyl (C=O) groups excluding carboxylic acids is 2. The van der Waals surface area contributed by atoms with Crippen LogP contribution in [0.4, 0.5) is 4.39 Å². The molecule has 164 valence electrons. The van der Waals surface area contributed by atoms with Gasteiger partial charge < -0.3 is 4.90 Å². The summed E-state index contributed by atoms with van der Waals surface area (Å²) in [5, 5.41) is 14.6. The van der Waals surface area contributed by atoms with Gasteiger partial charge in [-0.05, 0) is 35.4 Å². The Morgan fingerprint density at radius 3 is 2.22 bits per heavy atom. The maximum Gasteiger partial charge on any atom is 0.270 e. The molecule has 0 aromatic heterocycles. The largest absolute Gasteiger partial charge is 0.335 e. The number of hydrogen-bond donors (Lipinski definition) is 0. The Balaban J connectivity index is 1.34. The minimum Gasteiger partial charge on any atom is -0.335 e. The van der Waals surface area contributed by atoms with Crippen molar-refractivity contribution in [3.63, 3.8) is 0 Å². The van der Waals surface area contributed by atoms with Crippen molar-refractivity contribution >= 4 is 17.5 Å². The number of piperazine rings is 1. The summed E-state index contributed by atoms with van der Waals surface area (Å²) in [6.07, 6.45) is 0.577. The summed E-state index contributed by atoms with van der Waals surface area (Å²) >= 11 is 0. The lowest BCUT2D eigenvalue weighted by Crippen LogP contribution is -2.51. The van der Waals surface area contributed by atoms with E-state index < -0.39 is 0 Å². The Bertz CT molecular complexity index is 1050. The molecule has 4 rings (SSSR count). The molecule has 0 aliphatic carbocycles. The third-order valence-corrected chi connectivity index (χ3v) is 5.75. The first kappa shape index (κ1) is 21.7. The maximum atomic E-state index is 13.1. The maximum absolute atomic E-state index is 13.1. The topological polar surface area (TPSA) is 80.0 Å². The molecule has 1 saturated heterocycles. The van der Waals surface area contributed by atoms with Crippen LogP contribution >= 0.6 is 0 Å². The van der Waals surface area contributed by atoms with Gasteiger partial charge in [0.2, 0.25) is 5.91 Å². The molecule has 2 heterocycles. The van der Waals surface area contributed by atoms with Gasteiger partial charge in [-0.2, -0.15) is 10.4 Å². The summed E-state index contributed by atoms with van der Waals surface area (Å²) in [6.45, 7) is 3.68. The highest BCUT2D eigenvalue weighted by Crippen LogP contribution is 2.17. The van der Waals surface area contributed by atoms with Crippen molar-refractivity contribution in [1.29, 1.82) is 5.26 Å². The fraction of sp³-hybridized carbons (Fsp3) is 0.333. The predicted octanol–water partition coefficient (Wildman–Crippen LogP) is 2.52. The molecule has 2 amide bonds. The van der Waals surface area contributed by atoms with Crippen LogP contribution in [0.5, 0.6) is 0 Å². The van der Waals surface area contributed by atoms with E-state index in [2.05, 4.69) is 16.1 Å². The van der Waals surface area contributed by atoms with E-state index in [4.69, 9.17) is 5.26 Å². The Hall–Kier alpha value is -3.57. The second-order valence-corrected chi connectivity index (χ2v) is 8.00. The number of hydrazone groups is 1. The minimum absolute atomic E-state index is 0.125. The molecule has 0 atom stereocenters. The molecule has 2 aliphatic rings. The molecule has 0 saturated carbocycles. The first-order valence-electron chi connectivity index (χ1n) is 10.6. The first-order valence-corrected chi connectivity index (χ1v) is 10.6. The van der Waals surface area contributed by atoms with E-state index in [0.29, 0.717) is 30.8 Å². The highest BCUT2D eigenvalue weighted by atomic mass is 19.1. The Kier molecular flexibility index (Phi) is 6.57. The number of benzene rings is 2. The second kappa shape index (κ2) is 9.71. The lowest BCUT2D eigenvalue weighted by Gasteiger charge is -2.35. The van der Waals surface area contributed by atoms with Crippen LogP contribution in [0.25, 0.3) is 0 Å². The Labute approximate surface area is 186 Å². The SMILES string of the molecule is N#Cc1ccc(CN2CCN(C(=O)C3=NN(Cc4ccc(F)cc4)C(=O)CC3)CC2)cc1. The molecule has 0 N–H and O–H groups in total. The van der Waals surface area contributed by atoms with E-state index >= 15 is 0 Å². The van der Waals surface area contributed by atoms with Crippen LogP contribution in [0.3, 0.4) is 0 Å². The Morgan fingerprint density at radius 2 is 1.56 bits per heavy atom. The lowest BCUT2D eigenvalue weighted by atomic mass is 10.1. The summed E-state index contributed by atoms with van der Waals surface area (Å²) in [5.74, 6) is -0.603. The van der Waals surface area contributed by atoms with E-state index in [1.807, 2.05) is 24.3 Å². The van der Waals surface area contributed by atoms with Crippen molar-refractivity contribution in [3.8, 4) is 6.07 Å². The van der Waals surface area contributed by atoms with E-state index in [1.165, 1.54) is 17.1 Å². The van der Waals surface area contributed by atoms with Crippen LogP contribution in [0, 0.1) is 17.1 Å². The standard InChI is InChI=1S/C24H24FN5O2/c25-21-7-5-20(6-8-21)17-30-23(31)10-9-22(27-30)24(32)29-13-11-28(12-14-29)16-19-3-1-18(15-26)2-4-19/h1-8H,9-14,16-17H2. The van der Waals surface area contributed by atoms with Crippen LogP contribution in [-0.4, -0.2) is 58.5 Å². The van der Waals surface area contributed by atoms with Crippen LogP contribution in [0.1, 0.15) is 29.5 Å². The summed E-state index contributed by atoms with van der Waals surface area (Å²) in [4.78, 5) is 29.3. The van der Waals surface area contributed by atoms with Gasteiger partial charge in [0.05, 0.1) is 18.2 Å². The number of nitrogens with zero attached hydrogens (tertiary/aromatic N) is 5. The van der Waals surface area contributed by atoms with Gasteiger partial charge in [-0.3, -0.25) is 14.5 Å². The van der Waals surface area contributed by atoms with Crippen LogP contribution in [0.2, 0.25) is 0 Å². The Morgan fingerprint density at radius 1 is 0.938 bits per heavy atom. The lowest BCUT2D eigenvalue weighted by molar-refractivity contribution is -0.132. The summed E-state index contributed by atoms with van der Waals surface area (Å²) in [7, 11) is 0. The average molecular weight is 433 g/mol. The summed E-state index contributed by atoms with van der Waals surface area (Å²) in [5.41, 5.74) is 2.93. The van der Waals surface area contributed by atoms with Crippen molar-refractivity contribution in [2.24, 2.45) is 5.10 Å². The van der Waals surface area contributed by atoms with Gasteiger partial charge in [0.1, 0.15) is 11.5 Å². The molecule has 0 spiro atoms. The molecule has 7 nitrogen and oxygen atoms in total. The molecule has 8 heteroatoms. The summed E-state index contributed by atoms with van der Waals surface area (Å²) < 4.78 is 13.1. The molecule has 2 aromatic carbocycles. The quantitative estimate of drug-likeness (QED) is 0.726. The van der Waals surface area contributed by atoms with E-state index in [-0.39, 0.29) is 30.6 Å². The number of carbonyl (C=O) groups is 2. The zero-order chi connectivity index (χ0) is 22.5. The minimum atomic E-state index is -0.337. The van der Waals surface area contributed by atoms with E-state index in [0.717, 1.165) is 30.8 Å². The van der Waals surface area contributed by atoms with Gasteiger partial charge in [0.25, 0.3) is 5.91 Å². The van der Waals surface area contributed by atoms with Crippen molar-refractivity contribution in [2.45, 2.75) is 25.9 Å². The number of hydrogen-bond acceptors (Lipinski definition) is 5. The zero-order valence-electron chi connectivity index (χ0n) is 17.7. The van der Waals surface area contributed by atoms with Crippen LogP contribution in [0.15, 0.2) is 53.6 Å². The van der Waals surface area contributed by atoms with Crippen molar-refractivity contribution in [1.82, 2.24) is 14.8 Å². The van der Waals surface area contributed by atoms with Gasteiger partial charge >= 0.3 is 0 Å². The van der Waals surface area contributed by atoms with Crippen LogP contribution < -0.4 is 0 Å². The zero-order valence-corrected chi connectivity index (χ0v) is 17.7. The fourth-order valence-corrected chi connectivity index (χ4v) is 3.88. The molecule has 0 radical (unpaired) electrons. The molecule has 2 aliphatic heterocycles. The molecular formula is C24H24FN5O2. The monoisotopic (exact) mass is 433 g/mol. The molecular weight excluding hydrogens is 409 g/mol. The third-order valence-electron chi connectivity index (χ3n) is 5.75. The van der Waals surface area contributed by atoms with Gasteiger partial charge in [0.15, 0.2) is 0 Å². The van der Waals surface area contributed by atoms with E-state index in [9.17, 15) is 14.0 Å². The highest BCUT2D eigenvalue weighted by Gasteiger charge is 2.29. The molecule has 2 aromatic rings. The molecule has 0 unspecified atom stereocenters. The smallest absolute Gasteiger partial charge is 0.270 e. The number of rotatable bonds is 5. The average Bonchev–Trinajstić information content (AvgIpc) is 2.82. The normalized spacial score (nSPS) is 17.1. The van der Waals surface area contributed by atoms with E-state index in [1.54, 1.807) is 17.0 Å². The first-order chi connectivity index (χ1) is 15.5. The van der Waals surface area contributed by atoms with Gasteiger partial charge in [-0.15, -0.1) is 0 Å². The number of nitriles is 1. The van der Waals surface area contributed by atoms with Gasteiger partial charge in [-0.1, -0.05) is 24.3 Å². The number of amides is 2. The third kappa shape index (κ3) is 5.18. The number of halogens is 1. The van der Waals surface area contributed by atoms with Crippen molar-refractivity contribution < 1.29 is 14.0 Å². The summed E-state index contributed by atoms with van der Waals surface area (Å²) in [6, 6.07) is 15.6. The van der Waals surface area contributed by atoms with Gasteiger partial charge in [0, 0.05) is 45.6 Å². The molecule has 32 heavy (non-hydrogen) atoms. The fourth-order valence-electron chi connectivity index (χ4n) is 3.88. The van der Waals surface area contributed by atoms with Crippen molar-refractivity contribution in [3.05, 3.63) is 71.0 Å². The van der Waals surface area contributed by atoms with Crippen molar-refractivity contribution in [2.75, 3.05) is 26.2 Å². The van der Waals surface area contributed by atoms with Gasteiger partial charge in [-0.25, -0.2) is 9.40 Å². The second-order valence-electron chi connectivity index (χ2n) is 8.00. The molecule has 1 fully saturated rings. The highest BCUT2D eigenvalue weighted by molar-refractivity contribution is 6.39.